The first kappa shape index (κ1) is 14.5. The SMILES string of the molecule is Cc1ccc(F)cc1Oc1cc(Br)ccc1CNC1CC1. The maximum Gasteiger partial charge on any atom is 0.133 e. The lowest BCUT2D eigenvalue weighted by Gasteiger charge is -2.14. The molecular weight excluding hydrogens is 333 g/mol. The predicted molar refractivity (Wildman–Crippen MR) is 85.2 cm³/mol. The van der Waals surface area contributed by atoms with Crippen molar-refractivity contribution < 1.29 is 9.13 Å². The van der Waals surface area contributed by atoms with Crippen LogP contribution < -0.4 is 10.1 Å². The molecular formula is C17H17BrFNO. The Kier molecular flexibility index (Phi) is 4.27. The standard InChI is InChI=1S/C17H17BrFNO/c1-11-2-5-14(19)9-16(11)21-17-8-13(18)4-3-12(17)10-20-15-6-7-15/h2-5,8-9,15,20H,6-7,10H2,1H3. The molecule has 1 saturated carbocycles. The highest BCUT2D eigenvalue weighted by Gasteiger charge is 2.20. The Bertz CT molecular complexity index is 655. The van der Waals surface area contributed by atoms with E-state index in [-0.39, 0.29) is 5.82 Å². The highest BCUT2D eigenvalue weighted by Crippen LogP contribution is 2.31. The zero-order valence-electron chi connectivity index (χ0n) is 11.8. The van der Waals surface area contributed by atoms with Crippen LogP contribution in [0, 0.1) is 12.7 Å². The second-order valence-electron chi connectivity index (χ2n) is 5.42. The monoisotopic (exact) mass is 349 g/mol. The molecule has 0 amide bonds. The van der Waals surface area contributed by atoms with Crippen LogP contribution in [-0.2, 0) is 6.54 Å². The molecule has 110 valence electrons. The van der Waals surface area contributed by atoms with Gasteiger partial charge in [-0.05, 0) is 43.5 Å². The zero-order chi connectivity index (χ0) is 14.8. The summed E-state index contributed by atoms with van der Waals surface area (Å²) in [5.74, 6) is 1.02. The fraction of sp³-hybridized carbons (Fsp3) is 0.294. The molecule has 2 aromatic carbocycles. The smallest absolute Gasteiger partial charge is 0.133 e. The third-order valence-corrected chi connectivity index (χ3v) is 4.05. The topological polar surface area (TPSA) is 21.3 Å². The van der Waals surface area contributed by atoms with Crippen LogP contribution in [0.25, 0.3) is 0 Å². The molecule has 0 aromatic heterocycles. The van der Waals surface area contributed by atoms with Crippen LogP contribution in [0.2, 0.25) is 0 Å². The maximum absolute atomic E-state index is 13.4. The molecule has 0 radical (unpaired) electrons. The van der Waals surface area contributed by atoms with Gasteiger partial charge in [-0.25, -0.2) is 4.39 Å². The van der Waals surface area contributed by atoms with Crippen molar-refractivity contribution in [1.82, 2.24) is 5.32 Å². The summed E-state index contributed by atoms with van der Waals surface area (Å²) in [5, 5.41) is 3.48. The Balaban J connectivity index is 1.85. The Morgan fingerprint density at radius 1 is 1.19 bits per heavy atom. The van der Waals surface area contributed by atoms with Crippen LogP contribution in [0.15, 0.2) is 40.9 Å². The fourth-order valence-corrected chi connectivity index (χ4v) is 2.45. The Hall–Kier alpha value is -1.39. The summed E-state index contributed by atoms with van der Waals surface area (Å²) in [7, 11) is 0. The molecule has 3 rings (SSSR count). The lowest BCUT2D eigenvalue weighted by atomic mass is 10.2. The molecule has 4 heteroatoms. The van der Waals surface area contributed by atoms with Crippen LogP contribution in [0.3, 0.4) is 0 Å². The van der Waals surface area contributed by atoms with Crippen LogP contribution in [0.4, 0.5) is 4.39 Å². The molecule has 21 heavy (non-hydrogen) atoms. The van der Waals surface area contributed by atoms with Crippen LogP contribution in [0.5, 0.6) is 11.5 Å². The molecule has 0 saturated heterocycles. The van der Waals surface area contributed by atoms with Gasteiger partial charge in [-0.1, -0.05) is 28.1 Å². The van der Waals surface area contributed by atoms with Gasteiger partial charge in [0.2, 0.25) is 0 Å². The van der Waals surface area contributed by atoms with Crippen molar-refractivity contribution >= 4 is 15.9 Å². The molecule has 0 atom stereocenters. The average Bonchev–Trinajstić information content (AvgIpc) is 3.26. The first-order valence-electron chi connectivity index (χ1n) is 7.07. The van der Waals surface area contributed by atoms with E-state index in [0.29, 0.717) is 11.8 Å². The minimum atomic E-state index is -0.289. The van der Waals surface area contributed by atoms with E-state index in [4.69, 9.17) is 4.74 Å². The summed E-state index contributed by atoms with van der Waals surface area (Å²) in [6.07, 6.45) is 2.49. The minimum absolute atomic E-state index is 0.289. The third kappa shape index (κ3) is 3.83. The number of benzene rings is 2. The molecule has 1 aliphatic carbocycles. The summed E-state index contributed by atoms with van der Waals surface area (Å²) in [6, 6.07) is 11.2. The minimum Gasteiger partial charge on any atom is -0.457 e. The number of aryl methyl sites for hydroxylation is 1. The first-order chi connectivity index (χ1) is 10.1. The number of rotatable bonds is 5. The maximum atomic E-state index is 13.4. The Morgan fingerprint density at radius 3 is 2.76 bits per heavy atom. The van der Waals surface area contributed by atoms with E-state index in [1.807, 2.05) is 25.1 Å². The molecule has 2 aromatic rings. The lowest BCUT2D eigenvalue weighted by Crippen LogP contribution is -2.15. The average molecular weight is 350 g/mol. The summed E-state index contributed by atoms with van der Waals surface area (Å²) in [4.78, 5) is 0. The van der Waals surface area contributed by atoms with Gasteiger partial charge < -0.3 is 10.1 Å². The molecule has 1 fully saturated rings. The van der Waals surface area contributed by atoms with Gasteiger partial charge in [0.05, 0.1) is 0 Å². The van der Waals surface area contributed by atoms with Gasteiger partial charge >= 0.3 is 0 Å². The van der Waals surface area contributed by atoms with E-state index < -0.39 is 0 Å². The van der Waals surface area contributed by atoms with E-state index in [0.717, 1.165) is 27.9 Å². The zero-order valence-corrected chi connectivity index (χ0v) is 13.4. The van der Waals surface area contributed by atoms with E-state index in [1.54, 1.807) is 6.07 Å². The third-order valence-electron chi connectivity index (χ3n) is 3.56. The fourth-order valence-electron chi connectivity index (χ4n) is 2.11. The van der Waals surface area contributed by atoms with Gasteiger partial charge in [-0.3, -0.25) is 0 Å². The number of ether oxygens (including phenoxy) is 1. The van der Waals surface area contributed by atoms with E-state index in [1.165, 1.54) is 25.0 Å². The second-order valence-corrected chi connectivity index (χ2v) is 6.33. The van der Waals surface area contributed by atoms with Gasteiger partial charge in [-0.2, -0.15) is 0 Å². The largest absolute Gasteiger partial charge is 0.457 e. The van der Waals surface area contributed by atoms with Crippen molar-refractivity contribution in [3.05, 3.63) is 57.8 Å². The molecule has 2 nitrogen and oxygen atoms in total. The molecule has 0 heterocycles. The summed E-state index contributed by atoms with van der Waals surface area (Å²) in [6.45, 7) is 2.68. The Labute approximate surface area is 132 Å². The van der Waals surface area contributed by atoms with Crippen LogP contribution in [-0.4, -0.2) is 6.04 Å². The first-order valence-corrected chi connectivity index (χ1v) is 7.87. The van der Waals surface area contributed by atoms with E-state index >= 15 is 0 Å². The molecule has 0 spiro atoms. The summed E-state index contributed by atoms with van der Waals surface area (Å²) < 4.78 is 20.3. The number of halogens is 2. The quantitative estimate of drug-likeness (QED) is 0.825. The van der Waals surface area contributed by atoms with Gasteiger partial charge in [0.25, 0.3) is 0 Å². The van der Waals surface area contributed by atoms with Gasteiger partial charge in [0.15, 0.2) is 0 Å². The normalized spacial score (nSPS) is 14.2. The van der Waals surface area contributed by atoms with Gasteiger partial charge in [-0.15, -0.1) is 0 Å². The molecule has 0 aliphatic heterocycles. The molecule has 1 N–H and O–H groups in total. The lowest BCUT2D eigenvalue weighted by molar-refractivity contribution is 0.463. The van der Waals surface area contributed by atoms with E-state index in [9.17, 15) is 4.39 Å². The van der Waals surface area contributed by atoms with E-state index in [2.05, 4.69) is 21.2 Å². The highest BCUT2D eigenvalue weighted by molar-refractivity contribution is 9.10. The molecule has 1 aliphatic rings. The number of hydrogen-bond donors (Lipinski definition) is 1. The highest BCUT2D eigenvalue weighted by atomic mass is 79.9. The van der Waals surface area contributed by atoms with Crippen molar-refractivity contribution in [3.8, 4) is 11.5 Å². The van der Waals surface area contributed by atoms with Crippen molar-refractivity contribution in [2.24, 2.45) is 0 Å². The van der Waals surface area contributed by atoms with Crippen molar-refractivity contribution in [3.63, 3.8) is 0 Å². The van der Waals surface area contributed by atoms with Crippen LogP contribution in [0.1, 0.15) is 24.0 Å². The van der Waals surface area contributed by atoms with Crippen LogP contribution >= 0.6 is 15.9 Å². The van der Waals surface area contributed by atoms with Crippen molar-refractivity contribution in [2.45, 2.75) is 32.4 Å². The Morgan fingerprint density at radius 2 is 2.00 bits per heavy atom. The van der Waals surface area contributed by atoms with Crippen molar-refractivity contribution in [1.29, 1.82) is 0 Å². The predicted octanol–water partition coefficient (Wildman–Crippen LogP) is 4.94. The summed E-state index contributed by atoms with van der Waals surface area (Å²) >= 11 is 3.46. The van der Waals surface area contributed by atoms with Gasteiger partial charge in [0.1, 0.15) is 17.3 Å². The molecule has 0 unspecified atom stereocenters. The second kappa shape index (κ2) is 6.16. The summed E-state index contributed by atoms with van der Waals surface area (Å²) in [5.41, 5.74) is 1.99. The van der Waals surface area contributed by atoms with Gasteiger partial charge in [0, 0.05) is 28.7 Å². The number of hydrogen-bond acceptors (Lipinski definition) is 2. The van der Waals surface area contributed by atoms with Crippen molar-refractivity contribution in [2.75, 3.05) is 0 Å². The number of nitrogens with one attached hydrogen (secondary N) is 1. The molecule has 0 bridgehead atoms.